The Hall–Kier alpha value is -0.820. The highest BCUT2D eigenvalue weighted by Gasteiger charge is 2.17. The van der Waals surface area contributed by atoms with Crippen LogP contribution in [0.3, 0.4) is 0 Å². The Morgan fingerprint density at radius 3 is 2.79 bits per heavy atom. The van der Waals surface area contributed by atoms with Crippen LogP contribution in [0, 0.1) is 0 Å². The number of thioether (sulfide) groups is 1. The second kappa shape index (κ2) is 7.09. The van der Waals surface area contributed by atoms with Gasteiger partial charge in [-0.3, -0.25) is 4.79 Å². The van der Waals surface area contributed by atoms with Crippen LogP contribution >= 0.6 is 27.7 Å². The summed E-state index contributed by atoms with van der Waals surface area (Å²) in [6.07, 6.45) is 1.67. The smallest absolute Gasteiger partial charge is 0.316 e. The van der Waals surface area contributed by atoms with E-state index in [0.717, 1.165) is 16.0 Å². The summed E-state index contributed by atoms with van der Waals surface area (Å²) in [5.74, 6) is 0.517. The van der Waals surface area contributed by atoms with Crippen LogP contribution in [0.1, 0.15) is 27.7 Å². The highest BCUT2D eigenvalue weighted by molar-refractivity contribution is 9.10. The fraction of sp³-hybridized carbons (Fsp3) is 0.583. The van der Waals surface area contributed by atoms with E-state index in [4.69, 9.17) is 4.74 Å². The van der Waals surface area contributed by atoms with Crippen molar-refractivity contribution in [2.24, 2.45) is 0 Å². The average molecular weight is 348 g/mol. The summed E-state index contributed by atoms with van der Waals surface area (Å²) in [4.78, 5) is 20.1. The molecule has 0 aliphatic carbocycles. The summed E-state index contributed by atoms with van der Waals surface area (Å²) >= 11 is 4.69. The van der Waals surface area contributed by atoms with Crippen LogP contribution in [0.4, 0.5) is 5.95 Å². The molecule has 0 spiro atoms. The minimum atomic E-state index is -0.463. The second-order valence-electron chi connectivity index (χ2n) is 4.75. The Labute approximate surface area is 126 Å². The van der Waals surface area contributed by atoms with E-state index in [1.54, 1.807) is 6.20 Å². The molecule has 0 saturated carbocycles. The summed E-state index contributed by atoms with van der Waals surface area (Å²) in [5.41, 5.74) is -0.463. The molecule has 1 rings (SSSR count). The molecule has 0 fully saturated rings. The molecule has 5 nitrogen and oxygen atoms in total. The zero-order valence-electron chi connectivity index (χ0n) is 11.5. The average Bonchev–Trinajstić information content (AvgIpc) is 2.28. The first-order valence-corrected chi connectivity index (χ1v) is 7.70. The van der Waals surface area contributed by atoms with E-state index in [-0.39, 0.29) is 11.7 Å². The summed E-state index contributed by atoms with van der Waals surface area (Å²) in [6.45, 7) is 8.26. The third-order valence-electron chi connectivity index (χ3n) is 1.79. The van der Waals surface area contributed by atoms with Crippen molar-refractivity contribution < 1.29 is 9.53 Å². The van der Waals surface area contributed by atoms with Gasteiger partial charge < -0.3 is 10.1 Å². The predicted molar refractivity (Wildman–Crippen MR) is 80.5 cm³/mol. The minimum Gasteiger partial charge on any atom is -0.459 e. The third kappa shape index (κ3) is 6.24. The fourth-order valence-corrected chi connectivity index (χ4v) is 2.38. The lowest BCUT2D eigenvalue weighted by atomic mass is 10.2. The summed E-state index contributed by atoms with van der Waals surface area (Å²) in [7, 11) is 0. The first kappa shape index (κ1) is 16.2. The molecule has 1 aromatic heterocycles. The number of nitrogens with one attached hydrogen (secondary N) is 1. The molecule has 0 radical (unpaired) electrons. The van der Waals surface area contributed by atoms with Crippen LogP contribution < -0.4 is 5.32 Å². The molecule has 0 atom stereocenters. The lowest BCUT2D eigenvalue weighted by molar-refractivity contribution is -0.151. The zero-order chi connectivity index (χ0) is 14.5. The largest absolute Gasteiger partial charge is 0.459 e. The normalized spacial score (nSPS) is 11.2. The topological polar surface area (TPSA) is 64.1 Å². The van der Waals surface area contributed by atoms with Gasteiger partial charge in [0.25, 0.3) is 0 Å². The number of aromatic nitrogens is 2. The van der Waals surface area contributed by atoms with Gasteiger partial charge in [0.05, 0.1) is 10.2 Å². The highest BCUT2D eigenvalue weighted by Crippen LogP contribution is 2.26. The van der Waals surface area contributed by atoms with Crippen LogP contribution in [-0.2, 0) is 9.53 Å². The van der Waals surface area contributed by atoms with Gasteiger partial charge in [0.15, 0.2) is 0 Å². The molecule has 0 unspecified atom stereocenters. The maximum Gasteiger partial charge on any atom is 0.316 e. The van der Waals surface area contributed by atoms with Crippen molar-refractivity contribution in [3.05, 3.63) is 10.7 Å². The SMILES string of the molecule is CCNc1ncc(Br)c(SCC(=O)OC(C)(C)C)n1. The third-order valence-corrected chi connectivity index (χ3v) is 3.60. The maximum absolute atomic E-state index is 11.6. The van der Waals surface area contributed by atoms with Crippen molar-refractivity contribution in [2.75, 3.05) is 17.6 Å². The van der Waals surface area contributed by atoms with Crippen molar-refractivity contribution >= 4 is 39.6 Å². The Balaban J connectivity index is 2.61. The van der Waals surface area contributed by atoms with E-state index in [2.05, 4.69) is 31.2 Å². The van der Waals surface area contributed by atoms with Crippen molar-refractivity contribution in [3.63, 3.8) is 0 Å². The highest BCUT2D eigenvalue weighted by atomic mass is 79.9. The number of rotatable bonds is 5. The van der Waals surface area contributed by atoms with Crippen LogP contribution in [-0.4, -0.2) is 33.8 Å². The minimum absolute atomic E-state index is 0.221. The number of nitrogens with zero attached hydrogens (tertiary/aromatic N) is 2. The Morgan fingerprint density at radius 2 is 2.21 bits per heavy atom. The Kier molecular flexibility index (Phi) is 6.06. The Bertz CT molecular complexity index is 449. The molecule has 0 amide bonds. The van der Waals surface area contributed by atoms with Gasteiger partial charge in [0.1, 0.15) is 10.6 Å². The first-order valence-electron chi connectivity index (χ1n) is 5.93. The van der Waals surface area contributed by atoms with Gasteiger partial charge in [-0.2, -0.15) is 0 Å². The molecule has 7 heteroatoms. The predicted octanol–water partition coefficient (Wildman–Crippen LogP) is 3.10. The van der Waals surface area contributed by atoms with E-state index < -0.39 is 5.60 Å². The molecule has 0 aliphatic rings. The molecule has 1 N–H and O–H groups in total. The van der Waals surface area contributed by atoms with Crippen LogP contribution in [0.25, 0.3) is 0 Å². The summed E-state index contributed by atoms with van der Waals surface area (Å²) < 4.78 is 6.01. The van der Waals surface area contributed by atoms with Gasteiger partial charge >= 0.3 is 5.97 Å². The molecular weight excluding hydrogens is 330 g/mol. The van der Waals surface area contributed by atoms with Crippen molar-refractivity contribution in [1.29, 1.82) is 0 Å². The molecule has 0 aliphatic heterocycles. The van der Waals surface area contributed by atoms with E-state index in [1.807, 2.05) is 27.7 Å². The first-order chi connectivity index (χ1) is 8.81. The van der Waals surface area contributed by atoms with Crippen molar-refractivity contribution in [3.8, 4) is 0 Å². The fourth-order valence-electron chi connectivity index (χ4n) is 1.19. The summed E-state index contributed by atoms with van der Waals surface area (Å²) in [6, 6.07) is 0. The van der Waals surface area contributed by atoms with E-state index >= 15 is 0 Å². The number of hydrogen-bond donors (Lipinski definition) is 1. The van der Waals surface area contributed by atoms with E-state index in [1.165, 1.54) is 11.8 Å². The van der Waals surface area contributed by atoms with Crippen LogP contribution in [0.5, 0.6) is 0 Å². The van der Waals surface area contributed by atoms with Gasteiger partial charge in [-0.05, 0) is 43.6 Å². The second-order valence-corrected chi connectivity index (χ2v) is 6.57. The molecule has 1 aromatic rings. The number of carbonyl (C=O) groups is 1. The number of hydrogen-bond acceptors (Lipinski definition) is 6. The quantitative estimate of drug-likeness (QED) is 0.501. The number of carbonyl (C=O) groups excluding carboxylic acids is 1. The Morgan fingerprint density at radius 1 is 1.53 bits per heavy atom. The van der Waals surface area contributed by atoms with E-state index in [0.29, 0.717) is 5.95 Å². The standard InChI is InChI=1S/C12H18BrN3O2S/c1-5-14-11-15-6-8(13)10(16-11)19-7-9(17)18-12(2,3)4/h6H,5,7H2,1-4H3,(H,14,15,16). The molecule has 106 valence electrons. The van der Waals surface area contributed by atoms with Gasteiger partial charge in [0.2, 0.25) is 5.95 Å². The maximum atomic E-state index is 11.6. The zero-order valence-corrected chi connectivity index (χ0v) is 13.9. The van der Waals surface area contributed by atoms with Gasteiger partial charge in [-0.1, -0.05) is 11.8 Å². The van der Waals surface area contributed by atoms with Crippen molar-refractivity contribution in [2.45, 2.75) is 38.3 Å². The number of halogens is 1. The molecule has 0 bridgehead atoms. The van der Waals surface area contributed by atoms with Crippen molar-refractivity contribution in [1.82, 2.24) is 9.97 Å². The monoisotopic (exact) mass is 347 g/mol. The lowest BCUT2D eigenvalue weighted by Gasteiger charge is -2.19. The molecule has 19 heavy (non-hydrogen) atoms. The van der Waals surface area contributed by atoms with Gasteiger partial charge in [-0.25, -0.2) is 9.97 Å². The number of anilines is 1. The van der Waals surface area contributed by atoms with Gasteiger partial charge in [-0.15, -0.1) is 0 Å². The molecule has 1 heterocycles. The molecular formula is C12H18BrN3O2S. The molecule has 0 aromatic carbocycles. The van der Waals surface area contributed by atoms with Crippen LogP contribution in [0.2, 0.25) is 0 Å². The van der Waals surface area contributed by atoms with E-state index in [9.17, 15) is 4.79 Å². The number of ether oxygens (including phenoxy) is 1. The van der Waals surface area contributed by atoms with Gasteiger partial charge in [0, 0.05) is 12.7 Å². The lowest BCUT2D eigenvalue weighted by Crippen LogP contribution is -2.24. The molecule has 0 saturated heterocycles. The number of esters is 1. The summed E-state index contributed by atoms with van der Waals surface area (Å²) in [5, 5.41) is 3.75. The van der Waals surface area contributed by atoms with Crippen LogP contribution in [0.15, 0.2) is 15.7 Å².